The van der Waals surface area contributed by atoms with Gasteiger partial charge >= 0.3 is 49.5 Å². The Balaban J connectivity index is 0.000000192. The van der Waals surface area contributed by atoms with Crippen molar-refractivity contribution in [2.75, 3.05) is 0 Å². The van der Waals surface area contributed by atoms with Crippen LogP contribution in [0, 0.1) is 0 Å². The molecule has 101 valence electrons. The van der Waals surface area contributed by atoms with E-state index < -0.39 is 0 Å². The molecule has 2 heterocycles. The summed E-state index contributed by atoms with van der Waals surface area (Å²) in [5, 5.41) is 3.79. The van der Waals surface area contributed by atoms with Crippen molar-refractivity contribution in [2.45, 2.75) is 31.2 Å². The Morgan fingerprint density at radius 1 is 1.05 bits per heavy atom. The quantitative estimate of drug-likeness (QED) is 0.535. The first kappa shape index (κ1) is 14.2. The molecule has 0 aliphatic rings. The second kappa shape index (κ2) is 7.40. The summed E-state index contributed by atoms with van der Waals surface area (Å²) >= 11 is 2.65. The van der Waals surface area contributed by atoms with Gasteiger partial charge in [-0.2, -0.15) is 0 Å². The van der Waals surface area contributed by atoms with E-state index in [1.54, 1.807) is 0 Å². The van der Waals surface area contributed by atoms with E-state index in [1.807, 2.05) is 24.5 Å². The van der Waals surface area contributed by atoms with Gasteiger partial charge in [0.05, 0.1) is 11.7 Å². The van der Waals surface area contributed by atoms with Gasteiger partial charge in [0, 0.05) is 22.5 Å². The molecule has 0 saturated carbocycles. The summed E-state index contributed by atoms with van der Waals surface area (Å²) in [4.78, 5) is 7.39. The molecule has 0 fully saturated rings. The van der Waals surface area contributed by atoms with Crippen molar-refractivity contribution in [3.63, 3.8) is 0 Å². The third-order valence-corrected chi connectivity index (χ3v) is 3.65. The molecule has 3 heteroatoms. The van der Waals surface area contributed by atoms with Gasteiger partial charge in [-0.25, -0.2) is 0 Å². The Labute approximate surface area is 124 Å². The fourth-order valence-corrected chi connectivity index (χ4v) is 2.47. The van der Waals surface area contributed by atoms with Crippen LogP contribution in [0.15, 0.2) is 42.7 Å². The number of nitrogens with one attached hydrogen (secondary N) is 1. The van der Waals surface area contributed by atoms with Crippen LogP contribution < -0.4 is 0 Å². The normalized spacial score (nSPS) is 10.4. The fraction of sp³-hybridized carbons (Fsp3) is 0.312. The van der Waals surface area contributed by atoms with Crippen molar-refractivity contribution in [3.05, 3.63) is 42.7 Å². The van der Waals surface area contributed by atoms with E-state index in [9.17, 15) is 0 Å². The molecular formula is C16H19N2Ru. The van der Waals surface area contributed by atoms with Gasteiger partial charge in [0.25, 0.3) is 0 Å². The van der Waals surface area contributed by atoms with Crippen LogP contribution in [0.4, 0.5) is 0 Å². The number of hydrogen-bond donors (Lipinski definition) is 1. The molecule has 3 rings (SSSR count). The topological polar surface area (TPSA) is 28.7 Å². The Hall–Kier alpha value is -1.21. The van der Waals surface area contributed by atoms with Crippen LogP contribution in [-0.4, -0.2) is 9.97 Å². The maximum atomic E-state index is 4.08. The predicted molar refractivity (Wildman–Crippen MR) is 77.9 cm³/mol. The number of hydrogen-bond acceptors (Lipinski definition) is 1. The van der Waals surface area contributed by atoms with Gasteiger partial charge in [0.15, 0.2) is 0 Å². The molecule has 19 heavy (non-hydrogen) atoms. The van der Waals surface area contributed by atoms with Gasteiger partial charge in [0.1, 0.15) is 0 Å². The summed E-state index contributed by atoms with van der Waals surface area (Å²) in [6.45, 7) is 2.22. The molecule has 0 saturated heterocycles. The van der Waals surface area contributed by atoms with Gasteiger partial charge in [-0.3, -0.25) is 4.98 Å². The van der Waals surface area contributed by atoms with Crippen LogP contribution in [-0.2, 0) is 18.3 Å². The number of unbranched alkanes of at least 4 members (excludes halogenated alkanes) is 2. The van der Waals surface area contributed by atoms with Crippen LogP contribution in [0.3, 0.4) is 0 Å². The molecule has 2 nitrogen and oxygen atoms in total. The maximum absolute atomic E-state index is 4.08. The van der Waals surface area contributed by atoms with Crippen molar-refractivity contribution in [1.29, 1.82) is 0 Å². The smallest absolute Gasteiger partial charge is 0.0651 e. The molecule has 0 atom stereocenters. The summed E-state index contributed by atoms with van der Waals surface area (Å²) in [5.74, 6) is 0. The predicted octanol–water partition coefficient (Wildman–Crippen LogP) is 4.86. The third-order valence-electron chi connectivity index (χ3n) is 3.04. The van der Waals surface area contributed by atoms with E-state index in [0.717, 1.165) is 5.52 Å². The van der Waals surface area contributed by atoms with Crippen LogP contribution >= 0.6 is 0 Å². The van der Waals surface area contributed by atoms with Crippen LogP contribution in [0.1, 0.15) is 26.2 Å². The van der Waals surface area contributed by atoms with Gasteiger partial charge in [-0.15, -0.1) is 0 Å². The average Bonchev–Trinajstić information content (AvgIpc) is 2.84. The number of pyridine rings is 1. The zero-order valence-corrected chi connectivity index (χ0v) is 12.9. The molecular weight excluding hydrogens is 321 g/mol. The monoisotopic (exact) mass is 341 g/mol. The molecule has 2 aromatic heterocycles. The summed E-state index contributed by atoms with van der Waals surface area (Å²) in [6, 6.07) is 10.3. The molecule has 0 aliphatic heterocycles. The molecule has 0 amide bonds. The number of nitrogens with zero attached hydrogens (tertiary/aromatic N) is 1. The Morgan fingerprint density at radius 2 is 1.84 bits per heavy atom. The molecule has 1 aromatic carbocycles. The van der Waals surface area contributed by atoms with E-state index in [2.05, 4.69) is 53.4 Å². The number of benzene rings is 1. The molecule has 0 radical (unpaired) electrons. The Kier molecular flexibility index (Phi) is 5.53. The minimum atomic E-state index is 1.10. The van der Waals surface area contributed by atoms with E-state index in [0.29, 0.717) is 0 Å². The molecule has 0 spiro atoms. The minimum Gasteiger partial charge on any atom is -0.353 e. The van der Waals surface area contributed by atoms with Crippen LogP contribution in [0.5, 0.6) is 0 Å². The fourth-order valence-electron chi connectivity index (χ4n) is 2.04. The average molecular weight is 340 g/mol. The first-order valence-electron chi connectivity index (χ1n) is 6.71. The first-order valence-corrected chi connectivity index (χ1v) is 7.94. The van der Waals surface area contributed by atoms with Crippen molar-refractivity contribution in [2.24, 2.45) is 0 Å². The first-order chi connectivity index (χ1) is 9.36. The number of aromatic amines is 1. The number of rotatable bonds is 3. The maximum Gasteiger partial charge on any atom is 0.0651 e. The number of para-hydroxylation sites is 1. The number of H-pyrrole nitrogens is 1. The van der Waals surface area contributed by atoms with E-state index in [4.69, 9.17) is 0 Å². The minimum absolute atomic E-state index is 1.10. The van der Waals surface area contributed by atoms with Crippen molar-refractivity contribution >= 4 is 21.8 Å². The van der Waals surface area contributed by atoms with Crippen molar-refractivity contribution in [3.8, 4) is 0 Å². The van der Waals surface area contributed by atoms with Gasteiger partial charge in [0.2, 0.25) is 0 Å². The molecule has 0 unspecified atom stereocenters. The van der Waals surface area contributed by atoms with E-state index in [-0.39, 0.29) is 0 Å². The van der Waals surface area contributed by atoms with E-state index >= 15 is 0 Å². The van der Waals surface area contributed by atoms with Gasteiger partial charge in [-0.1, -0.05) is 18.2 Å². The van der Waals surface area contributed by atoms with E-state index in [1.165, 1.54) is 40.6 Å². The second-order valence-electron chi connectivity index (χ2n) is 4.48. The number of fused-ring (bicyclic) bond motifs is 3. The zero-order chi connectivity index (χ0) is 13.5. The van der Waals surface area contributed by atoms with Crippen LogP contribution in [0.2, 0.25) is 5.02 Å². The van der Waals surface area contributed by atoms with Gasteiger partial charge in [-0.05, 0) is 12.1 Å². The summed E-state index contributed by atoms with van der Waals surface area (Å²) in [6.07, 6.45) is 7.80. The second-order valence-corrected chi connectivity index (χ2v) is 5.34. The largest absolute Gasteiger partial charge is 0.353 e. The molecule has 3 aromatic rings. The molecule has 0 bridgehead atoms. The Morgan fingerprint density at radius 3 is 2.58 bits per heavy atom. The summed E-state index contributed by atoms with van der Waals surface area (Å²) in [7, 11) is 0. The Bertz CT molecular complexity index is 576. The van der Waals surface area contributed by atoms with Gasteiger partial charge < -0.3 is 4.98 Å². The summed E-state index contributed by atoms with van der Waals surface area (Å²) in [5.41, 5.74) is 2.27. The molecule has 1 N–H and O–H groups in total. The summed E-state index contributed by atoms with van der Waals surface area (Å²) < 4.78 is 0. The van der Waals surface area contributed by atoms with Crippen molar-refractivity contribution in [1.82, 2.24) is 9.97 Å². The standard InChI is InChI=1S/C11H8N2.C5H11.Ru/c1-2-4-10-8(3-1)9-5-6-12-7-11(9)13-10;1-3-5-4-2;/h1-7,13H;1,3-5H2,2H3;. The SMILES string of the molecule is CCCC[CH2][Ru].c1ccc2c(c1)[nH]c1cnccc12. The molecule has 0 aliphatic carbocycles. The third kappa shape index (κ3) is 3.64. The number of aromatic nitrogens is 2. The van der Waals surface area contributed by atoms with Crippen LogP contribution in [0.25, 0.3) is 21.8 Å². The van der Waals surface area contributed by atoms with Crippen molar-refractivity contribution < 1.29 is 18.3 Å². The zero-order valence-electron chi connectivity index (χ0n) is 11.2.